The molecule has 2 aromatic rings. The Kier molecular flexibility index (Phi) is 3.05. The van der Waals surface area contributed by atoms with Crippen molar-refractivity contribution in [3.63, 3.8) is 0 Å². The van der Waals surface area contributed by atoms with E-state index >= 15 is 0 Å². The van der Waals surface area contributed by atoms with Gasteiger partial charge in [-0.15, -0.1) is 0 Å². The van der Waals surface area contributed by atoms with Crippen LogP contribution in [-0.2, 0) is 0 Å². The first kappa shape index (κ1) is 10.5. The summed E-state index contributed by atoms with van der Waals surface area (Å²) in [4.78, 5) is 3.95. The lowest BCUT2D eigenvalue weighted by Crippen LogP contribution is -1.82. The topological polar surface area (TPSA) is 12.4 Å². The van der Waals surface area contributed by atoms with Gasteiger partial charge in [-0.3, -0.25) is 4.99 Å². The van der Waals surface area contributed by atoms with Crippen LogP contribution >= 0.6 is 0 Å². The molecule has 1 nitrogen and oxygen atoms in total. The van der Waals surface area contributed by atoms with E-state index in [1.807, 2.05) is 30.3 Å². The van der Waals surface area contributed by atoms with Gasteiger partial charge >= 0.3 is 0 Å². The van der Waals surface area contributed by atoms with Crippen LogP contribution in [0.3, 0.4) is 0 Å². The highest BCUT2D eigenvalue weighted by Crippen LogP contribution is 2.18. The van der Waals surface area contributed by atoms with Gasteiger partial charge in [0.05, 0.1) is 5.69 Å². The fraction of sp³-hybridized carbons (Fsp3) is 0. The molecule has 0 saturated heterocycles. The molecule has 2 aromatic carbocycles. The Labute approximate surface area is 92.1 Å². The van der Waals surface area contributed by atoms with Crippen molar-refractivity contribution in [3.05, 3.63) is 65.7 Å². The Balaban J connectivity index is 2.24. The van der Waals surface area contributed by atoms with Crippen LogP contribution < -0.4 is 0 Å². The van der Waals surface area contributed by atoms with Gasteiger partial charge in [0, 0.05) is 12.3 Å². The summed E-state index contributed by atoms with van der Waals surface area (Å²) < 4.78 is 25.8. The summed E-state index contributed by atoms with van der Waals surface area (Å²) in [6.07, 6.45) is 1.54. The number of aliphatic imine (C=N–C) groups is 1. The monoisotopic (exact) mass is 217 g/mol. The summed E-state index contributed by atoms with van der Waals surface area (Å²) in [6.45, 7) is 0. The average molecular weight is 217 g/mol. The van der Waals surface area contributed by atoms with Crippen molar-refractivity contribution in [3.8, 4) is 0 Å². The molecule has 0 aliphatic carbocycles. The maximum absolute atomic E-state index is 13.2. The van der Waals surface area contributed by atoms with E-state index in [4.69, 9.17) is 0 Å². The van der Waals surface area contributed by atoms with Crippen LogP contribution in [0.1, 0.15) is 5.56 Å². The van der Waals surface area contributed by atoms with Gasteiger partial charge in [-0.05, 0) is 17.7 Å². The van der Waals surface area contributed by atoms with Crippen molar-refractivity contribution in [2.24, 2.45) is 4.99 Å². The van der Waals surface area contributed by atoms with Gasteiger partial charge in [0.1, 0.15) is 5.82 Å². The van der Waals surface area contributed by atoms with Gasteiger partial charge in [-0.1, -0.05) is 30.3 Å². The minimum Gasteiger partial charge on any atom is -0.253 e. The normalized spacial score (nSPS) is 10.9. The molecule has 0 amide bonds. The Bertz CT molecular complexity index is 507. The summed E-state index contributed by atoms with van der Waals surface area (Å²) in [5.74, 6) is -1.26. The molecule has 2 rings (SSSR count). The first-order valence-electron chi connectivity index (χ1n) is 4.80. The van der Waals surface area contributed by atoms with Crippen molar-refractivity contribution in [1.82, 2.24) is 0 Å². The second-order valence-electron chi connectivity index (χ2n) is 3.26. The predicted molar refractivity (Wildman–Crippen MR) is 60.1 cm³/mol. The van der Waals surface area contributed by atoms with Gasteiger partial charge in [-0.2, -0.15) is 0 Å². The Morgan fingerprint density at radius 2 is 1.69 bits per heavy atom. The second-order valence-corrected chi connectivity index (χ2v) is 3.26. The van der Waals surface area contributed by atoms with Crippen molar-refractivity contribution < 1.29 is 8.78 Å². The van der Waals surface area contributed by atoms with Gasteiger partial charge < -0.3 is 0 Å². The average Bonchev–Trinajstić information content (AvgIpc) is 2.29. The third-order valence-electron chi connectivity index (χ3n) is 2.06. The summed E-state index contributed by atoms with van der Waals surface area (Å²) in [5, 5.41) is 0. The number of hydrogen-bond acceptors (Lipinski definition) is 1. The van der Waals surface area contributed by atoms with Crippen LogP contribution in [0.4, 0.5) is 14.5 Å². The Morgan fingerprint density at radius 1 is 0.938 bits per heavy atom. The second kappa shape index (κ2) is 4.66. The molecule has 0 spiro atoms. The van der Waals surface area contributed by atoms with E-state index in [0.29, 0.717) is 0 Å². The third kappa shape index (κ3) is 2.51. The number of hydrogen-bond donors (Lipinski definition) is 0. The van der Waals surface area contributed by atoms with Crippen LogP contribution in [0.2, 0.25) is 0 Å². The fourth-order valence-corrected chi connectivity index (χ4v) is 1.27. The number of halogens is 2. The molecule has 0 aromatic heterocycles. The zero-order valence-electron chi connectivity index (χ0n) is 8.40. The predicted octanol–water partition coefficient (Wildman–Crippen LogP) is 3.72. The molecule has 0 atom stereocenters. The zero-order valence-corrected chi connectivity index (χ0v) is 8.40. The van der Waals surface area contributed by atoms with Crippen molar-refractivity contribution in [2.45, 2.75) is 0 Å². The molecule has 0 N–H and O–H groups in total. The molecule has 0 aliphatic rings. The first-order valence-corrected chi connectivity index (χ1v) is 4.80. The van der Waals surface area contributed by atoms with Gasteiger partial charge in [0.25, 0.3) is 0 Å². The lowest BCUT2D eigenvalue weighted by atomic mass is 10.2. The Morgan fingerprint density at radius 3 is 2.38 bits per heavy atom. The van der Waals surface area contributed by atoms with Gasteiger partial charge in [0.2, 0.25) is 0 Å². The Hall–Kier alpha value is -2.03. The van der Waals surface area contributed by atoms with E-state index in [-0.39, 0.29) is 5.69 Å². The van der Waals surface area contributed by atoms with E-state index in [1.54, 1.807) is 0 Å². The zero-order chi connectivity index (χ0) is 11.4. The quantitative estimate of drug-likeness (QED) is 0.680. The van der Waals surface area contributed by atoms with Crippen molar-refractivity contribution in [2.75, 3.05) is 0 Å². The van der Waals surface area contributed by atoms with Crippen molar-refractivity contribution in [1.29, 1.82) is 0 Å². The molecule has 80 valence electrons. The number of nitrogens with zero attached hydrogens (tertiary/aromatic N) is 1. The van der Waals surface area contributed by atoms with Crippen LogP contribution in [0.5, 0.6) is 0 Å². The largest absolute Gasteiger partial charge is 0.253 e. The van der Waals surface area contributed by atoms with Crippen LogP contribution in [0, 0.1) is 11.6 Å². The van der Waals surface area contributed by atoms with Gasteiger partial charge in [0.15, 0.2) is 5.82 Å². The molecule has 0 heterocycles. The molecule has 0 radical (unpaired) electrons. The highest BCUT2D eigenvalue weighted by atomic mass is 19.1. The van der Waals surface area contributed by atoms with Gasteiger partial charge in [-0.25, -0.2) is 8.78 Å². The highest BCUT2D eigenvalue weighted by molar-refractivity contribution is 5.81. The summed E-state index contributed by atoms with van der Waals surface area (Å²) in [7, 11) is 0. The minimum absolute atomic E-state index is 0.130. The lowest BCUT2D eigenvalue weighted by molar-refractivity contribution is 0.585. The minimum atomic E-state index is -0.660. The van der Waals surface area contributed by atoms with Crippen LogP contribution in [0.15, 0.2) is 53.5 Å². The number of rotatable bonds is 2. The molecule has 0 aliphatic heterocycles. The maximum Gasteiger partial charge on any atom is 0.151 e. The summed E-state index contributed by atoms with van der Waals surface area (Å²) in [5.41, 5.74) is 0.997. The van der Waals surface area contributed by atoms with Crippen molar-refractivity contribution >= 4 is 11.9 Å². The van der Waals surface area contributed by atoms with E-state index in [1.165, 1.54) is 18.3 Å². The molecule has 0 unspecified atom stereocenters. The van der Waals surface area contributed by atoms with E-state index in [9.17, 15) is 8.78 Å². The van der Waals surface area contributed by atoms with Crippen LogP contribution in [-0.4, -0.2) is 6.21 Å². The molecular weight excluding hydrogens is 208 g/mol. The summed E-state index contributed by atoms with van der Waals surface area (Å²) in [6, 6.07) is 12.6. The van der Waals surface area contributed by atoms with E-state index in [0.717, 1.165) is 11.6 Å². The first-order chi connectivity index (χ1) is 7.75. The molecule has 3 heteroatoms. The maximum atomic E-state index is 13.2. The SMILES string of the molecule is Fc1ccc(N=Cc2ccccc2)c(F)c1. The molecule has 16 heavy (non-hydrogen) atoms. The number of benzene rings is 2. The highest BCUT2D eigenvalue weighted by Gasteiger charge is 2.00. The van der Waals surface area contributed by atoms with E-state index < -0.39 is 11.6 Å². The smallest absolute Gasteiger partial charge is 0.151 e. The van der Waals surface area contributed by atoms with Crippen LogP contribution in [0.25, 0.3) is 0 Å². The molecular formula is C13H9F2N. The molecule has 0 fully saturated rings. The molecule has 0 saturated carbocycles. The summed E-state index contributed by atoms with van der Waals surface area (Å²) >= 11 is 0. The molecule has 0 bridgehead atoms. The third-order valence-corrected chi connectivity index (χ3v) is 2.06. The fourth-order valence-electron chi connectivity index (χ4n) is 1.27. The van der Waals surface area contributed by atoms with E-state index in [2.05, 4.69) is 4.99 Å². The standard InChI is InChI=1S/C13H9F2N/c14-11-6-7-13(12(15)8-11)16-9-10-4-2-1-3-5-10/h1-9H. The lowest BCUT2D eigenvalue weighted by Gasteiger charge is -1.96.